The van der Waals surface area contributed by atoms with Crippen LogP contribution in [0.25, 0.3) is 22.3 Å². The summed E-state index contributed by atoms with van der Waals surface area (Å²) in [5.74, 6) is -2.68. The molecule has 46 heavy (non-hydrogen) atoms. The van der Waals surface area contributed by atoms with E-state index in [0.717, 1.165) is 16.6 Å². The van der Waals surface area contributed by atoms with Crippen LogP contribution in [-0.4, -0.2) is 69.8 Å². The first-order chi connectivity index (χ1) is 21.8. The Morgan fingerprint density at radius 3 is 2.41 bits per heavy atom. The van der Waals surface area contributed by atoms with Crippen molar-refractivity contribution in [2.75, 3.05) is 37.7 Å². The monoisotopic (exact) mass is 654 g/mol. The minimum atomic E-state index is -3.79. The summed E-state index contributed by atoms with van der Waals surface area (Å²) in [7, 11) is -0.968. The van der Waals surface area contributed by atoms with Crippen LogP contribution in [0.15, 0.2) is 65.1 Å². The Kier molecular flexibility index (Phi) is 9.01. The lowest BCUT2D eigenvalue weighted by Crippen LogP contribution is -2.46. The Morgan fingerprint density at radius 2 is 1.78 bits per heavy atom. The molecule has 3 N–H and O–H groups in total. The number of sulfonamides is 1. The molecule has 1 aliphatic heterocycles. The standard InChI is InChI=1S/C32H32F2N4O7S/c1-35-30(39)27-23-15-22(25(37(2)46(3,43)44)16-26(23)45-29(27)18-10-12-20(33)13-11-18)19-7-6-14-38(17-19)31(40)28(36-32(41)42)21-8-4-5-9-24(21)34/h4-5,8-13,15-16,19,28,36H,6-7,14,17H2,1-3H3,(H,35,39)(H,41,42)/t19-,28-/m0/s1. The average molecular weight is 655 g/mol. The highest BCUT2D eigenvalue weighted by molar-refractivity contribution is 7.92. The first kappa shape index (κ1) is 32.4. The number of hydrogen-bond acceptors (Lipinski definition) is 6. The van der Waals surface area contributed by atoms with Gasteiger partial charge in [-0.25, -0.2) is 22.0 Å². The molecule has 1 aromatic heterocycles. The third-order valence-electron chi connectivity index (χ3n) is 8.14. The van der Waals surface area contributed by atoms with Crippen molar-refractivity contribution in [1.82, 2.24) is 15.5 Å². The Labute approximate surface area is 263 Å². The van der Waals surface area contributed by atoms with Gasteiger partial charge in [-0.2, -0.15) is 0 Å². The van der Waals surface area contributed by atoms with E-state index in [2.05, 4.69) is 10.6 Å². The molecule has 5 rings (SSSR count). The van der Waals surface area contributed by atoms with Crippen LogP contribution in [-0.2, 0) is 14.8 Å². The normalized spacial score (nSPS) is 15.8. The van der Waals surface area contributed by atoms with Crippen LogP contribution in [0.2, 0.25) is 0 Å². The first-order valence-corrected chi connectivity index (χ1v) is 16.2. The van der Waals surface area contributed by atoms with Gasteiger partial charge in [0, 0.05) is 55.7 Å². The summed E-state index contributed by atoms with van der Waals surface area (Å²) < 4.78 is 61.1. The number of nitrogens with one attached hydrogen (secondary N) is 2. The number of piperidine rings is 1. The van der Waals surface area contributed by atoms with Crippen molar-refractivity contribution < 1.29 is 41.1 Å². The van der Waals surface area contributed by atoms with Gasteiger partial charge in [0.25, 0.3) is 5.91 Å². The summed E-state index contributed by atoms with van der Waals surface area (Å²) in [5.41, 5.74) is 1.43. The number of nitrogens with zero attached hydrogens (tertiary/aromatic N) is 2. The van der Waals surface area contributed by atoms with Crippen LogP contribution in [0, 0.1) is 11.6 Å². The predicted octanol–water partition coefficient (Wildman–Crippen LogP) is 4.85. The Morgan fingerprint density at radius 1 is 1.09 bits per heavy atom. The van der Waals surface area contributed by atoms with Crippen LogP contribution >= 0.6 is 0 Å². The fourth-order valence-electron chi connectivity index (χ4n) is 5.80. The first-order valence-electron chi connectivity index (χ1n) is 14.3. The number of fused-ring (bicyclic) bond motifs is 1. The van der Waals surface area contributed by atoms with E-state index in [1.165, 1.54) is 67.5 Å². The number of furan rings is 1. The van der Waals surface area contributed by atoms with E-state index in [9.17, 15) is 36.7 Å². The number of likely N-dealkylation sites (tertiary alicyclic amines) is 1. The van der Waals surface area contributed by atoms with Crippen molar-refractivity contribution in [2.24, 2.45) is 0 Å². The highest BCUT2D eigenvalue weighted by Crippen LogP contribution is 2.42. The van der Waals surface area contributed by atoms with E-state index in [1.807, 2.05) is 0 Å². The van der Waals surface area contributed by atoms with Crippen LogP contribution in [0.1, 0.15) is 46.3 Å². The number of benzene rings is 3. The van der Waals surface area contributed by atoms with Crippen molar-refractivity contribution in [1.29, 1.82) is 0 Å². The SMILES string of the molecule is CNC(=O)c1c(-c2ccc(F)cc2)oc2cc(N(C)S(C)(=O)=O)c([C@H]3CCCN(C(=O)[C@@H](NC(=O)O)c4ccccc4F)C3)cc12. The van der Waals surface area contributed by atoms with Crippen LogP contribution in [0.5, 0.6) is 0 Å². The molecular formula is C32H32F2N4O7S. The molecule has 0 bridgehead atoms. The molecule has 1 saturated heterocycles. The minimum Gasteiger partial charge on any atom is -0.465 e. The molecule has 14 heteroatoms. The minimum absolute atomic E-state index is 0.0547. The molecule has 0 aliphatic carbocycles. The van der Waals surface area contributed by atoms with E-state index >= 15 is 0 Å². The zero-order valence-corrected chi connectivity index (χ0v) is 26.0. The van der Waals surface area contributed by atoms with Crippen molar-refractivity contribution in [2.45, 2.75) is 24.8 Å². The largest absolute Gasteiger partial charge is 0.465 e. The zero-order chi connectivity index (χ0) is 33.3. The van der Waals surface area contributed by atoms with E-state index < -0.39 is 51.5 Å². The number of hydrogen-bond donors (Lipinski definition) is 3. The molecule has 2 atom stereocenters. The van der Waals surface area contributed by atoms with E-state index in [-0.39, 0.29) is 41.2 Å². The van der Waals surface area contributed by atoms with E-state index in [4.69, 9.17) is 4.42 Å². The maximum Gasteiger partial charge on any atom is 0.405 e. The summed E-state index contributed by atoms with van der Waals surface area (Å²) in [5, 5.41) is 14.5. The molecular weight excluding hydrogens is 622 g/mol. The molecule has 11 nitrogen and oxygen atoms in total. The second-order valence-corrected chi connectivity index (χ2v) is 13.1. The van der Waals surface area contributed by atoms with Gasteiger partial charge in [-0.15, -0.1) is 0 Å². The lowest BCUT2D eigenvalue weighted by atomic mass is 9.87. The van der Waals surface area contributed by atoms with Crippen LogP contribution in [0.4, 0.5) is 19.3 Å². The topological polar surface area (TPSA) is 149 Å². The maximum absolute atomic E-state index is 14.7. The van der Waals surface area contributed by atoms with Gasteiger partial charge in [0.05, 0.1) is 17.5 Å². The smallest absolute Gasteiger partial charge is 0.405 e. The zero-order valence-electron chi connectivity index (χ0n) is 25.2. The Balaban J connectivity index is 1.63. The van der Waals surface area contributed by atoms with Crippen molar-refractivity contribution in [3.05, 3.63) is 89.0 Å². The van der Waals surface area contributed by atoms with Crippen molar-refractivity contribution >= 4 is 44.6 Å². The van der Waals surface area contributed by atoms with Gasteiger partial charge in [0.2, 0.25) is 15.9 Å². The third-order valence-corrected chi connectivity index (χ3v) is 9.33. The maximum atomic E-state index is 14.7. The predicted molar refractivity (Wildman–Crippen MR) is 167 cm³/mol. The molecule has 0 unspecified atom stereocenters. The van der Waals surface area contributed by atoms with Crippen molar-refractivity contribution in [3.63, 3.8) is 0 Å². The van der Waals surface area contributed by atoms with Gasteiger partial charge < -0.3 is 25.1 Å². The molecule has 1 aliphatic rings. The lowest BCUT2D eigenvalue weighted by Gasteiger charge is -2.36. The number of anilines is 1. The number of carbonyl (C=O) groups excluding carboxylic acids is 2. The van der Waals surface area contributed by atoms with Gasteiger partial charge in [-0.05, 0) is 54.8 Å². The highest BCUT2D eigenvalue weighted by atomic mass is 32.2. The van der Waals surface area contributed by atoms with Gasteiger partial charge in [-0.3, -0.25) is 13.9 Å². The fraction of sp³-hybridized carbons (Fsp3) is 0.281. The molecule has 242 valence electrons. The van der Waals surface area contributed by atoms with Gasteiger partial charge in [0.1, 0.15) is 29.0 Å². The Hall–Kier alpha value is -4.98. The molecule has 0 spiro atoms. The quantitative estimate of drug-likeness (QED) is 0.246. The van der Waals surface area contributed by atoms with Crippen LogP contribution < -0.4 is 14.9 Å². The number of carbonyl (C=O) groups is 3. The summed E-state index contributed by atoms with van der Waals surface area (Å²) in [6.07, 6.45) is 0.531. The summed E-state index contributed by atoms with van der Waals surface area (Å²) in [6.45, 7) is 0.310. The number of carboxylic acid groups (broad SMARTS) is 1. The molecule has 3 aromatic carbocycles. The molecule has 2 heterocycles. The second-order valence-electron chi connectivity index (χ2n) is 11.1. The van der Waals surface area contributed by atoms with E-state index in [1.54, 1.807) is 6.07 Å². The molecule has 1 fully saturated rings. The number of rotatable bonds is 8. The molecule has 4 aromatic rings. The molecule has 0 saturated carbocycles. The Bertz CT molecular complexity index is 1930. The third kappa shape index (κ3) is 6.38. The van der Waals surface area contributed by atoms with Gasteiger partial charge in [-0.1, -0.05) is 18.2 Å². The average Bonchev–Trinajstić information content (AvgIpc) is 3.40. The fourth-order valence-corrected chi connectivity index (χ4v) is 6.32. The van der Waals surface area contributed by atoms with Crippen molar-refractivity contribution in [3.8, 4) is 11.3 Å². The van der Waals surface area contributed by atoms with Gasteiger partial charge in [0.15, 0.2) is 0 Å². The van der Waals surface area contributed by atoms with Crippen LogP contribution in [0.3, 0.4) is 0 Å². The summed E-state index contributed by atoms with van der Waals surface area (Å²) in [6, 6.07) is 12.4. The molecule has 3 amide bonds. The summed E-state index contributed by atoms with van der Waals surface area (Å²) >= 11 is 0. The lowest BCUT2D eigenvalue weighted by molar-refractivity contribution is -0.134. The van der Waals surface area contributed by atoms with E-state index in [0.29, 0.717) is 29.4 Å². The summed E-state index contributed by atoms with van der Waals surface area (Å²) in [4.78, 5) is 40.0. The van der Waals surface area contributed by atoms with Gasteiger partial charge >= 0.3 is 6.09 Å². The number of amides is 3. The molecule has 0 radical (unpaired) electrons. The number of halogens is 2. The second kappa shape index (κ2) is 12.8. The highest BCUT2D eigenvalue weighted by Gasteiger charge is 2.35.